The first-order valence-electron chi connectivity index (χ1n) is 6.44. The van der Waals surface area contributed by atoms with Crippen LogP contribution in [0.25, 0.3) is 0 Å². The van der Waals surface area contributed by atoms with Crippen molar-refractivity contribution in [1.29, 1.82) is 0 Å². The van der Waals surface area contributed by atoms with Crippen LogP contribution >= 0.6 is 15.9 Å². The summed E-state index contributed by atoms with van der Waals surface area (Å²) in [5.74, 6) is -1.61. The summed E-state index contributed by atoms with van der Waals surface area (Å²) >= 11 is 3.13. The fourth-order valence-corrected chi connectivity index (χ4v) is 2.14. The van der Waals surface area contributed by atoms with Crippen molar-refractivity contribution >= 4 is 27.8 Å². The number of carboxylic acid groups (broad SMARTS) is 1. The third kappa shape index (κ3) is 5.34. The molecule has 0 heterocycles. The van der Waals surface area contributed by atoms with Gasteiger partial charge in [0.05, 0.1) is 4.47 Å². The Bertz CT molecular complexity index is 524. The molecular formula is C14H17BrFNO4. The van der Waals surface area contributed by atoms with Crippen LogP contribution in [0.1, 0.15) is 20.3 Å². The van der Waals surface area contributed by atoms with E-state index in [1.165, 1.54) is 23.1 Å². The Kier molecular flexibility index (Phi) is 6.61. The van der Waals surface area contributed by atoms with Crippen LogP contribution in [-0.2, 0) is 9.59 Å². The summed E-state index contributed by atoms with van der Waals surface area (Å²) in [4.78, 5) is 24.1. The van der Waals surface area contributed by atoms with Crippen LogP contribution in [0.4, 0.5) is 4.39 Å². The quantitative estimate of drug-likeness (QED) is 0.810. The third-order valence-corrected chi connectivity index (χ3v) is 3.61. The maximum Gasteiger partial charge on any atom is 0.323 e. The summed E-state index contributed by atoms with van der Waals surface area (Å²) in [5.41, 5.74) is 0. The Hall–Kier alpha value is -1.63. The van der Waals surface area contributed by atoms with Crippen LogP contribution in [0, 0.1) is 5.82 Å². The number of carbonyl (C=O) groups is 2. The molecule has 21 heavy (non-hydrogen) atoms. The second kappa shape index (κ2) is 7.97. The molecule has 0 saturated carbocycles. The van der Waals surface area contributed by atoms with Gasteiger partial charge in [0.15, 0.2) is 6.61 Å². The highest BCUT2D eigenvalue weighted by Crippen LogP contribution is 2.25. The van der Waals surface area contributed by atoms with Gasteiger partial charge in [-0.2, -0.15) is 0 Å². The minimum Gasteiger partial charge on any atom is -0.483 e. The minimum absolute atomic E-state index is 0.200. The maximum absolute atomic E-state index is 12.9. The zero-order valence-corrected chi connectivity index (χ0v) is 13.4. The molecule has 0 saturated heterocycles. The first-order valence-corrected chi connectivity index (χ1v) is 7.23. The van der Waals surface area contributed by atoms with E-state index in [1.54, 1.807) is 6.92 Å². The first kappa shape index (κ1) is 17.4. The van der Waals surface area contributed by atoms with Crippen molar-refractivity contribution in [2.24, 2.45) is 0 Å². The summed E-state index contributed by atoms with van der Waals surface area (Å²) in [5, 5.41) is 8.85. The summed E-state index contributed by atoms with van der Waals surface area (Å²) in [6.07, 6.45) is 0.638. The number of aliphatic carboxylic acids is 1. The molecule has 0 aromatic heterocycles. The molecule has 0 fully saturated rings. The van der Waals surface area contributed by atoms with Crippen LogP contribution in [0.3, 0.4) is 0 Å². The molecular weight excluding hydrogens is 345 g/mol. The van der Waals surface area contributed by atoms with E-state index in [0.717, 1.165) is 0 Å². The standard InChI is InChI=1S/C14H17BrFNO4/c1-3-9(2)17(7-14(19)20)13(18)8-21-12-5-4-10(16)6-11(12)15/h4-6,9H,3,7-8H2,1-2H3,(H,19,20). The molecule has 1 atom stereocenters. The van der Waals surface area contributed by atoms with Crippen LogP contribution in [0.5, 0.6) is 5.75 Å². The second-order valence-corrected chi connectivity index (χ2v) is 5.39. The summed E-state index contributed by atoms with van der Waals surface area (Å²) in [6.45, 7) is 2.96. The molecule has 1 aromatic rings. The molecule has 5 nitrogen and oxygen atoms in total. The largest absolute Gasteiger partial charge is 0.483 e. The van der Waals surface area contributed by atoms with E-state index >= 15 is 0 Å². The Morgan fingerprint density at radius 3 is 2.67 bits per heavy atom. The molecule has 1 amide bonds. The van der Waals surface area contributed by atoms with Crippen molar-refractivity contribution < 1.29 is 23.8 Å². The van der Waals surface area contributed by atoms with Gasteiger partial charge in [0.25, 0.3) is 5.91 Å². The highest BCUT2D eigenvalue weighted by atomic mass is 79.9. The Balaban J connectivity index is 2.70. The molecule has 7 heteroatoms. The number of hydrogen-bond donors (Lipinski definition) is 1. The zero-order valence-electron chi connectivity index (χ0n) is 11.8. The molecule has 0 bridgehead atoms. The van der Waals surface area contributed by atoms with Gasteiger partial charge in [-0.05, 0) is 47.5 Å². The zero-order chi connectivity index (χ0) is 16.0. The predicted molar refractivity (Wildman–Crippen MR) is 78.7 cm³/mol. The summed E-state index contributed by atoms with van der Waals surface area (Å²) in [6, 6.07) is 3.64. The average Bonchev–Trinajstić information content (AvgIpc) is 2.42. The van der Waals surface area contributed by atoms with Crippen molar-refractivity contribution in [3.05, 3.63) is 28.5 Å². The van der Waals surface area contributed by atoms with Crippen molar-refractivity contribution in [1.82, 2.24) is 4.90 Å². The normalized spacial score (nSPS) is 11.8. The Labute approximate surface area is 130 Å². The van der Waals surface area contributed by atoms with Crippen molar-refractivity contribution in [2.45, 2.75) is 26.3 Å². The van der Waals surface area contributed by atoms with Crippen LogP contribution in [0.2, 0.25) is 0 Å². The first-order chi connectivity index (χ1) is 9.85. The van der Waals surface area contributed by atoms with Gasteiger partial charge >= 0.3 is 5.97 Å². The van der Waals surface area contributed by atoms with Crippen LogP contribution < -0.4 is 4.74 Å². The lowest BCUT2D eigenvalue weighted by atomic mass is 10.2. The monoisotopic (exact) mass is 361 g/mol. The van der Waals surface area contributed by atoms with E-state index in [2.05, 4.69) is 15.9 Å². The number of halogens is 2. The molecule has 0 aliphatic heterocycles. The molecule has 0 spiro atoms. The van der Waals surface area contributed by atoms with Crippen LogP contribution in [0.15, 0.2) is 22.7 Å². The Morgan fingerprint density at radius 1 is 1.48 bits per heavy atom. The van der Waals surface area contributed by atoms with E-state index in [0.29, 0.717) is 16.6 Å². The fourth-order valence-electron chi connectivity index (χ4n) is 1.67. The van der Waals surface area contributed by atoms with Crippen molar-refractivity contribution in [3.63, 3.8) is 0 Å². The van der Waals surface area contributed by atoms with E-state index in [1.807, 2.05) is 6.92 Å². The van der Waals surface area contributed by atoms with Gasteiger partial charge in [-0.1, -0.05) is 6.92 Å². The van der Waals surface area contributed by atoms with Crippen LogP contribution in [-0.4, -0.2) is 41.1 Å². The number of ether oxygens (including phenoxy) is 1. The number of amides is 1. The van der Waals surface area contributed by atoms with E-state index in [9.17, 15) is 14.0 Å². The van der Waals surface area contributed by atoms with Crippen molar-refractivity contribution in [2.75, 3.05) is 13.2 Å². The summed E-state index contributed by atoms with van der Waals surface area (Å²) < 4.78 is 18.6. The van der Waals surface area contributed by atoms with E-state index in [4.69, 9.17) is 9.84 Å². The van der Waals surface area contributed by atoms with Gasteiger partial charge in [0, 0.05) is 6.04 Å². The lowest BCUT2D eigenvalue weighted by Gasteiger charge is -2.26. The van der Waals surface area contributed by atoms with Gasteiger partial charge in [0.2, 0.25) is 0 Å². The van der Waals surface area contributed by atoms with Gasteiger partial charge < -0.3 is 14.7 Å². The second-order valence-electron chi connectivity index (χ2n) is 4.54. The predicted octanol–water partition coefficient (Wildman–Crippen LogP) is 2.68. The number of nitrogens with zero attached hydrogens (tertiary/aromatic N) is 1. The molecule has 0 aliphatic carbocycles. The molecule has 1 rings (SSSR count). The third-order valence-electron chi connectivity index (χ3n) is 2.99. The van der Waals surface area contributed by atoms with Gasteiger partial charge in [-0.15, -0.1) is 0 Å². The molecule has 0 aliphatic rings. The van der Waals surface area contributed by atoms with E-state index < -0.39 is 17.7 Å². The minimum atomic E-state index is -1.08. The van der Waals surface area contributed by atoms with Gasteiger partial charge in [0.1, 0.15) is 18.1 Å². The maximum atomic E-state index is 12.9. The van der Waals surface area contributed by atoms with Crippen molar-refractivity contribution in [3.8, 4) is 5.75 Å². The molecule has 1 aromatic carbocycles. The summed E-state index contributed by atoms with van der Waals surface area (Å²) in [7, 11) is 0. The number of carbonyl (C=O) groups excluding carboxylic acids is 1. The molecule has 1 unspecified atom stereocenters. The molecule has 116 valence electrons. The lowest BCUT2D eigenvalue weighted by Crippen LogP contribution is -2.44. The number of hydrogen-bond acceptors (Lipinski definition) is 3. The highest BCUT2D eigenvalue weighted by Gasteiger charge is 2.22. The number of rotatable bonds is 7. The molecule has 0 radical (unpaired) electrons. The van der Waals surface area contributed by atoms with Gasteiger partial charge in [-0.3, -0.25) is 9.59 Å². The SMILES string of the molecule is CCC(C)N(CC(=O)O)C(=O)COc1ccc(F)cc1Br. The number of benzene rings is 1. The van der Waals surface area contributed by atoms with Gasteiger partial charge in [-0.25, -0.2) is 4.39 Å². The lowest BCUT2D eigenvalue weighted by molar-refractivity contribution is -0.147. The van der Waals surface area contributed by atoms with E-state index in [-0.39, 0.29) is 19.2 Å². The number of carboxylic acids is 1. The average molecular weight is 362 g/mol. The fraction of sp³-hybridized carbons (Fsp3) is 0.429. The highest BCUT2D eigenvalue weighted by molar-refractivity contribution is 9.10. The molecule has 1 N–H and O–H groups in total. The smallest absolute Gasteiger partial charge is 0.323 e. The Morgan fingerprint density at radius 2 is 2.14 bits per heavy atom. The topological polar surface area (TPSA) is 66.8 Å².